The number of amides is 2. The fraction of sp³-hybridized carbons (Fsp3) is 0.316. The van der Waals surface area contributed by atoms with Gasteiger partial charge in [0.2, 0.25) is 6.79 Å². The number of hydrogen-bond acceptors (Lipinski definition) is 3. The van der Waals surface area contributed by atoms with E-state index in [2.05, 4.69) is 5.32 Å². The maximum atomic E-state index is 12.8. The van der Waals surface area contributed by atoms with Gasteiger partial charge in [-0.05, 0) is 42.3 Å². The summed E-state index contributed by atoms with van der Waals surface area (Å²) in [4.78, 5) is 13.8. The predicted octanol–water partition coefficient (Wildman–Crippen LogP) is 4.34. The summed E-state index contributed by atoms with van der Waals surface area (Å²) in [5, 5.41) is 2.71. The maximum Gasteiger partial charge on any atom is 0.416 e. The summed E-state index contributed by atoms with van der Waals surface area (Å²) in [6.07, 6.45) is -4.42. The molecule has 1 N–H and O–H groups in total. The molecule has 0 saturated carbocycles. The van der Waals surface area contributed by atoms with Gasteiger partial charge in [0.15, 0.2) is 11.5 Å². The van der Waals surface area contributed by atoms with Crippen LogP contribution in [0, 0.1) is 0 Å². The predicted molar refractivity (Wildman–Crippen MR) is 92.4 cm³/mol. The van der Waals surface area contributed by atoms with Crippen molar-refractivity contribution < 1.29 is 27.4 Å². The number of alkyl halides is 3. The molecule has 0 saturated heterocycles. The normalized spacial score (nSPS) is 14.0. The Hall–Kier alpha value is -2.90. The maximum absolute atomic E-state index is 12.8. The highest BCUT2D eigenvalue weighted by Crippen LogP contribution is 2.33. The van der Waals surface area contributed by atoms with Crippen LogP contribution in [0.25, 0.3) is 0 Å². The van der Waals surface area contributed by atoms with Crippen LogP contribution in [0.3, 0.4) is 0 Å². The molecule has 1 unspecified atom stereocenters. The van der Waals surface area contributed by atoms with Crippen LogP contribution < -0.4 is 14.8 Å². The third kappa shape index (κ3) is 4.45. The van der Waals surface area contributed by atoms with Crippen LogP contribution in [0.2, 0.25) is 0 Å². The van der Waals surface area contributed by atoms with Gasteiger partial charge in [0.1, 0.15) is 0 Å². The average Bonchev–Trinajstić information content (AvgIpc) is 3.08. The molecule has 1 atom stereocenters. The van der Waals surface area contributed by atoms with Crippen LogP contribution in [0.1, 0.15) is 29.7 Å². The van der Waals surface area contributed by atoms with E-state index in [-0.39, 0.29) is 6.79 Å². The zero-order valence-corrected chi connectivity index (χ0v) is 14.8. The Morgan fingerprint density at radius 3 is 2.67 bits per heavy atom. The quantitative estimate of drug-likeness (QED) is 0.859. The van der Waals surface area contributed by atoms with Gasteiger partial charge in [-0.2, -0.15) is 13.2 Å². The molecule has 0 spiro atoms. The molecule has 5 nitrogen and oxygen atoms in total. The van der Waals surface area contributed by atoms with E-state index in [1.807, 2.05) is 6.07 Å². The van der Waals surface area contributed by atoms with Crippen LogP contribution in [0.4, 0.5) is 18.0 Å². The Morgan fingerprint density at radius 2 is 1.93 bits per heavy atom. The minimum Gasteiger partial charge on any atom is -0.454 e. The van der Waals surface area contributed by atoms with Gasteiger partial charge in [0.25, 0.3) is 0 Å². The molecule has 144 valence electrons. The second kappa shape index (κ2) is 7.38. The highest BCUT2D eigenvalue weighted by Gasteiger charge is 2.30. The summed E-state index contributed by atoms with van der Waals surface area (Å²) in [6.45, 7) is 2.13. The summed E-state index contributed by atoms with van der Waals surface area (Å²) < 4.78 is 49.1. The van der Waals surface area contributed by atoms with Crippen molar-refractivity contribution in [2.75, 3.05) is 13.8 Å². The Balaban J connectivity index is 1.62. The van der Waals surface area contributed by atoms with Crippen LogP contribution in [0.15, 0.2) is 42.5 Å². The largest absolute Gasteiger partial charge is 0.454 e. The molecule has 1 aliphatic heterocycles. The summed E-state index contributed by atoms with van der Waals surface area (Å²) in [5.41, 5.74) is 0.494. The molecule has 0 radical (unpaired) electrons. The first-order chi connectivity index (χ1) is 12.7. The Kier molecular flexibility index (Phi) is 5.16. The number of carbonyl (C=O) groups is 1. The molecule has 0 bridgehead atoms. The SMILES string of the molecule is CC(NC(=O)N(C)Cc1ccc2c(c1)OCO2)c1cccc(C(F)(F)F)c1. The van der Waals surface area contributed by atoms with Gasteiger partial charge < -0.3 is 19.7 Å². The Morgan fingerprint density at radius 1 is 1.19 bits per heavy atom. The molecule has 8 heteroatoms. The zero-order valence-electron chi connectivity index (χ0n) is 14.8. The summed E-state index contributed by atoms with van der Waals surface area (Å²) in [7, 11) is 1.61. The van der Waals surface area contributed by atoms with E-state index >= 15 is 0 Å². The Labute approximate surface area is 154 Å². The molecule has 1 aliphatic rings. The number of urea groups is 1. The first-order valence-corrected chi connectivity index (χ1v) is 8.31. The minimum absolute atomic E-state index is 0.170. The van der Waals surface area contributed by atoms with Crippen molar-refractivity contribution in [2.24, 2.45) is 0 Å². The van der Waals surface area contributed by atoms with Crippen molar-refractivity contribution >= 4 is 6.03 Å². The smallest absolute Gasteiger partial charge is 0.416 e. The molecule has 1 heterocycles. The van der Waals surface area contributed by atoms with Crippen LogP contribution >= 0.6 is 0 Å². The number of hydrogen-bond donors (Lipinski definition) is 1. The fourth-order valence-electron chi connectivity index (χ4n) is 2.75. The van der Waals surface area contributed by atoms with Crippen LogP contribution in [-0.2, 0) is 12.7 Å². The van der Waals surface area contributed by atoms with Gasteiger partial charge in [-0.25, -0.2) is 4.79 Å². The molecule has 2 aromatic rings. The second-order valence-electron chi connectivity index (χ2n) is 6.34. The van der Waals surface area contributed by atoms with Crippen molar-refractivity contribution in [3.05, 3.63) is 59.2 Å². The highest BCUT2D eigenvalue weighted by molar-refractivity contribution is 5.74. The van der Waals surface area contributed by atoms with Gasteiger partial charge >= 0.3 is 12.2 Å². The van der Waals surface area contributed by atoms with Gasteiger partial charge in [0.05, 0.1) is 11.6 Å². The van der Waals surface area contributed by atoms with Crippen molar-refractivity contribution in [3.8, 4) is 11.5 Å². The average molecular weight is 380 g/mol. The molecule has 0 fully saturated rings. The van der Waals surface area contributed by atoms with E-state index in [0.29, 0.717) is 23.6 Å². The molecular weight excluding hydrogens is 361 g/mol. The number of nitrogens with zero attached hydrogens (tertiary/aromatic N) is 1. The monoisotopic (exact) mass is 380 g/mol. The second-order valence-corrected chi connectivity index (χ2v) is 6.34. The van der Waals surface area contributed by atoms with E-state index < -0.39 is 23.8 Å². The summed E-state index contributed by atoms with van der Waals surface area (Å²) in [5.74, 6) is 1.28. The third-order valence-electron chi connectivity index (χ3n) is 4.26. The fourth-order valence-corrected chi connectivity index (χ4v) is 2.75. The number of nitrogens with one attached hydrogen (secondary N) is 1. The van der Waals surface area contributed by atoms with Crippen molar-refractivity contribution in [2.45, 2.75) is 25.7 Å². The van der Waals surface area contributed by atoms with Crippen LogP contribution in [-0.4, -0.2) is 24.8 Å². The number of rotatable bonds is 4. The minimum atomic E-state index is -4.42. The number of fused-ring (bicyclic) bond motifs is 1. The third-order valence-corrected chi connectivity index (χ3v) is 4.26. The lowest BCUT2D eigenvalue weighted by atomic mass is 10.1. The van der Waals surface area contributed by atoms with Crippen LogP contribution in [0.5, 0.6) is 11.5 Å². The molecule has 27 heavy (non-hydrogen) atoms. The molecular formula is C19H19F3N2O3. The molecule has 2 amide bonds. The number of halogens is 3. The van der Waals surface area contributed by atoms with E-state index in [4.69, 9.17) is 9.47 Å². The van der Waals surface area contributed by atoms with Gasteiger partial charge in [0, 0.05) is 13.6 Å². The zero-order chi connectivity index (χ0) is 19.6. The van der Waals surface area contributed by atoms with E-state index in [1.165, 1.54) is 11.0 Å². The standard InChI is InChI=1S/C19H19F3N2O3/c1-12(14-4-3-5-15(9-14)19(20,21)22)23-18(25)24(2)10-13-6-7-16-17(8-13)27-11-26-16/h3-9,12H,10-11H2,1-2H3,(H,23,25). The lowest BCUT2D eigenvalue weighted by Crippen LogP contribution is -2.38. The lowest BCUT2D eigenvalue weighted by molar-refractivity contribution is -0.137. The lowest BCUT2D eigenvalue weighted by Gasteiger charge is -2.22. The topological polar surface area (TPSA) is 50.8 Å². The first-order valence-electron chi connectivity index (χ1n) is 8.31. The Bertz CT molecular complexity index is 839. The van der Waals surface area contributed by atoms with Gasteiger partial charge in [-0.15, -0.1) is 0 Å². The van der Waals surface area contributed by atoms with Crippen molar-refractivity contribution in [1.29, 1.82) is 0 Å². The molecule has 0 aromatic heterocycles. The number of benzene rings is 2. The van der Waals surface area contributed by atoms with Gasteiger partial charge in [-0.1, -0.05) is 18.2 Å². The summed E-state index contributed by atoms with van der Waals surface area (Å²) in [6, 6.07) is 9.36. The van der Waals surface area contributed by atoms with Crippen molar-refractivity contribution in [3.63, 3.8) is 0 Å². The van der Waals surface area contributed by atoms with E-state index in [1.54, 1.807) is 32.2 Å². The molecule has 2 aromatic carbocycles. The number of carbonyl (C=O) groups excluding carboxylic acids is 1. The number of ether oxygens (including phenoxy) is 2. The van der Waals surface area contributed by atoms with E-state index in [0.717, 1.165) is 17.7 Å². The van der Waals surface area contributed by atoms with E-state index in [9.17, 15) is 18.0 Å². The molecule has 3 rings (SSSR count). The highest BCUT2D eigenvalue weighted by atomic mass is 19.4. The summed E-state index contributed by atoms with van der Waals surface area (Å²) >= 11 is 0. The van der Waals surface area contributed by atoms with Gasteiger partial charge in [-0.3, -0.25) is 0 Å². The molecule has 0 aliphatic carbocycles. The first kappa shape index (κ1) is 18.9. The van der Waals surface area contributed by atoms with Crippen molar-refractivity contribution in [1.82, 2.24) is 10.2 Å².